The molecule has 0 atom stereocenters. The van der Waals surface area contributed by atoms with Crippen molar-refractivity contribution in [2.45, 2.75) is 12.8 Å². The average Bonchev–Trinajstić information content (AvgIpc) is 3.38. The predicted molar refractivity (Wildman–Crippen MR) is 86.0 cm³/mol. The zero-order chi connectivity index (χ0) is 18.1. The summed E-state index contributed by atoms with van der Waals surface area (Å²) in [5, 5.41) is 19.5. The zero-order valence-corrected chi connectivity index (χ0v) is 23.4. The Balaban J connectivity index is -0.000000126. The molecule has 0 aromatic heterocycles. The molecule has 0 aromatic carbocycles. The van der Waals surface area contributed by atoms with E-state index in [1.807, 2.05) is 0 Å². The van der Waals surface area contributed by atoms with Gasteiger partial charge in [0.2, 0.25) is 0 Å². The molecule has 2 saturated heterocycles. The normalized spacial score (nSPS) is 13.4. The van der Waals surface area contributed by atoms with Crippen molar-refractivity contribution >= 4 is 0 Å². The van der Waals surface area contributed by atoms with E-state index in [9.17, 15) is 10.2 Å². The fourth-order valence-corrected chi connectivity index (χ4v) is 1.12. The minimum absolute atomic E-state index is 0. The molecule has 0 radical (unpaired) electrons. The topological polar surface area (TPSA) is 105 Å². The van der Waals surface area contributed by atoms with Gasteiger partial charge < -0.3 is 38.6 Å². The van der Waals surface area contributed by atoms with Crippen LogP contribution in [0.4, 0.5) is 0 Å². The Morgan fingerprint density at radius 2 is 1.00 bits per heavy atom. The van der Waals surface area contributed by atoms with Crippen LogP contribution < -0.4 is 113 Å². The molecule has 148 valence electrons. The average molecular weight is 433 g/mol. The van der Waals surface area contributed by atoms with Crippen LogP contribution in [-0.4, -0.2) is 93.5 Å². The number of methoxy groups -OCH3 is 2. The number of hydrogen-bond acceptors (Lipinski definition) is 8. The number of epoxide rings is 1. The Morgan fingerprint density at radius 1 is 0.615 bits per heavy atom. The fourth-order valence-electron chi connectivity index (χ4n) is 1.12. The maximum absolute atomic E-state index is 9.73. The Labute approximate surface area is 243 Å². The van der Waals surface area contributed by atoms with Crippen molar-refractivity contribution in [1.29, 1.82) is 0 Å². The molecule has 0 aromatic rings. The van der Waals surface area contributed by atoms with Crippen LogP contribution in [0.25, 0.3) is 0 Å². The van der Waals surface area contributed by atoms with Crippen LogP contribution in [0.3, 0.4) is 0 Å². The molecule has 2 aliphatic rings. The maximum Gasteiger partial charge on any atom is 1.00 e. The monoisotopic (exact) mass is 432 g/mol. The van der Waals surface area contributed by atoms with Crippen LogP contribution in [0.2, 0.25) is 0 Å². The van der Waals surface area contributed by atoms with Gasteiger partial charge >= 0.3 is 103 Å². The molecular formula is C16H34K2O8. The third kappa shape index (κ3) is 50.5. The van der Waals surface area contributed by atoms with Gasteiger partial charge in [-0.05, 0) is 12.8 Å². The van der Waals surface area contributed by atoms with Gasteiger partial charge in [-0.2, -0.15) is 0 Å². The van der Waals surface area contributed by atoms with E-state index in [1.165, 1.54) is 12.8 Å². The molecule has 26 heavy (non-hydrogen) atoms. The first-order valence-corrected chi connectivity index (χ1v) is 8.28. The largest absolute Gasteiger partial charge is 1.00 e. The first kappa shape index (κ1) is 36.3. The number of rotatable bonds is 10. The summed E-state index contributed by atoms with van der Waals surface area (Å²) in [5.74, 6) is 0. The van der Waals surface area contributed by atoms with Gasteiger partial charge in [0.05, 0.1) is 39.6 Å². The van der Waals surface area contributed by atoms with E-state index in [1.54, 1.807) is 14.2 Å². The molecule has 0 bridgehead atoms. The van der Waals surface area contributed by atoms with Crippen molar-refractivity contribution < 1.29 is 141 Å². The van der Waals surface area contributed by atoms with Crippen molar-refractivity contribution in [2.24, 2.45) is 0 Å². The maximum atomic E-state index is 9.73. The molecule has 0 aliphatic carbocycles. The molecule has 0 spiro atoms. The van der Waals surface area contributed by atoms with Crippen LogP contribution in [0, 0.1) is 0 Å². The molecule has 2 rings (SSSR count). The van der Waals surface area contributed by atoms with Gasteiger partial charge in [-0.15, -0.1) is 13.2 Å². The van der Waals surface area contributed by atoms with E-state index in [0.29, 0.717) is 39.6 Å². The molecular weight excluding hydrogens is 398 g/mol. The standard InChI is InChI=1S/2C5H11O3.C4H8O.C2H4O.2K/c2*1-7-4-5-8-3-2-6;1-2-4-5-3-1;1-2-3-1;;/h2*2-5H2,1H3;1-4H2;1-2H2;;/q2*-1;;;2*+1. The molecule has 2 heterocycles. The van der Waals surface area contributed by atoms with Crippen LogP contribution in [-0.2, 0) is 28.4 Å². The Bertz CT molecular complexity index is 165. The molecule has 2 aliphatic heterocycles. The SMILES string of the molecule is C1CCOC1.C1CO1.COCCOCC[O-].COCCOCC[O-].[K+].[K+]. The number of ether oxygens (including phenoxy) is 6. The van der Waals surface area contributed by atoms with E-state index in [0.717, 1.165) is 26.4 Å². The Morgan fingerprint density at radius 3 is 1.19 bits per heavy atom. The molecule has 0 saturated carbocycles. The second kappa shape index (κ2) is 38.5. The van der Waals surface area contributed by atoms with E-state index in [4.69, 9.17) is 14.2 Å². The van der Waals surface area contributed by atoms with Gasteiger partial charge in [0.15, 0.2) is 0 Å². The van der Waals surface area contributed by atoms with Crippen LogP contribution in [0.15, 0.2) is 0 Å². The van der Waals surface area contributed by atoms with Gasteiger partial charge in [0.1, 0.15) is 0 Å². The fraction of sp³-hybridized carbons (Fsp3) is 1.00. The van der Waals surface area contributed by atoms with Crippen molar-refractivity contribution in [3.05, 3.63) is 0 Å². The quantitative estimate of drug-likeness (QED) is 0.191. The minimum atomic E-state index is -0.163. The van der Waals surface area contributed by atoms with Crippen LogP contribution in [0.5, 0.6) is 0 Å². The summed E-state index contributed by atoms with van der Waals surface area (Å²) in [4.78, 5) is 0. The van der Waals surface area contributed by atoms with Gasteiger partial charge in [-0.25, -0.2) is 0 Å². The summed E-state index contributed by atoms with van der Waals surface area (Å²) >= 11 is 0. The van der Waals surface area contributed by atoms with Gasteiger partial charge in [0.25, 0.3) is 0 Å². The van der Waals surface area contributed by atoms with E-state index in [2.05, 4.69) is 14.2 Å². The smallest absolute Gasteiger partial charge is 0.853 e. The molecule has 2 fully saturated rings. The van der Waals surface area contributed by atoms with Gasteiger partial charge in [-0.1, -0.05) is 0 Å². The van der Waals surface area contributed by atoms with Crippen LogP contribution in [0.1, 0.15) is 12.8 Å². The van der Waals surface area contributed by atoms with Crippen molar-refractivity contribution in [1.82, 2.24) is 0 Å². The third-order valence-electron chi connectivity index (χ3n) is 2.35. The van der Waals surface area contributed by atoms with Crippen molar-refractivity contribution in [3.63, 3.8) is 0 Å². The summed E-state index contributed by atoms with van der Waals surface area (Å²) in [6.45, 7) is 6.46. The van der Waals surface area contributed by atoms with E-state index in [-0.39, 0.29) is 116 Å². The van der Waals surface area contributed by atoms with E-state index >= 15 is 0 Å². The molecule has 10 heteroatoms. The second-order valence-electron chi connectivity index (χ2n) is 4.55. The first-order valence-electron chi connectivity index (χ1n) is 8.28. The summed E-state index contributed by atoms with van der Waals surface area (Å²) < 4.78 is 28.3. The van der Waals surface area contributed by atoms with Crippen LogP contribution >= 0.6 is 0 Å². The van der Waals surface area contributed by atoms with Gasteiger partial charge in [0, 0.05) is 40.6 Å². The molecule has 8 nitrogen and oxygen atoms in total. The summed E-state index contributed by atoms with van der Waals surface area (Å²) in [5.41, 5.74) is 0. The molecule has 0 N–H and O–H groups in total. The Hall–Kier alpha value is 2.95. The third-order valence-corrected chi connectivity index (χ3v) is 2.35. The van der Waals surface area contributed by atoms with Crippen molar-refractivity contribution in [2.75, 3.05) is 93.5 Å². The van der Waals surface area contributed by atoms with Gasteiger partial charge in [-0.3, -0.25) is 0 Å². The van der Waals surface area contributed by atoms with Crippen molar-refractivity contribution in [3.8, 4) is 0 Å². The summed E-state index contributed by atoms with van der Waals surface area (Å²) in [6, 6.07) is 0. The summed E-state index contributed by atoms with van der Waals surface area (Å²) in [6.07, 6.45) is 2.56. The molecule has 0 unspecified atom stereocenters. The van der Waals surface area contributed by atoms with E-state index < -0.39 is 0 Å². The first-order chi connectivity index (χ1) is 11.8. The predicted octanol–water partition coefficient (Wildman–Crippen LogP) is -7.16. The number of hydrogen-bond donors (Lipinski definition) is 0. The zero-order valence-electron chi connectivity index (χ0n) is 17.2. The molecule has 0 amide bonds. The summed E-state index contributed by atoms with van der Waals surface area (Å²) in [7, 11) is 3.20. The Kier molecular flexibility index (Phi) is 53.9. The second-order valence-corrected chi connectivity index (χ2v) is 4.55. The minimum Gasteiger partial charge on any atom is -0.853 e.